The summed E-state index contributed by atoms with van der Waals surface area (Å²) in [5.41, 5.74) is 3.04. The number of cyclic esters (lactones) is 2. The third kappa shape index (κ3) is 7.74. The fourth-order valence-corrected chi connectivity index (χ4v) is 4.86. The molecule has 0 bridgehead atoms. The Labute approximate surface area is 264 Å². The van der Waals surface area contributed by atoms with Gasteiger partial charge in [-0.25, -0.2) is 19.2 Å². The van der Waals surface area contributed by atoms with Crippen LogP contribution < -0.4 is 0 Å². The molecule has 0 saturated heterocycles. The SMILES string of the molecule is O=C1OC(COC(=O)c2ccc[nH]2)C=C1c1cccc(Br)c1.O=C1OC(COC(=O)c2ccc[nH]2)C=C1c1cccc(Cl)c1. The normalized spacial score (nSPS) is 17.0. The highest BCUT2D eigenvalue weighted by atomic mass is 79.9. The van der Waals surface area contributed by atoms with Gasteiger partial charge in [-0.05, 0) is 71.8 Å². The van der Waals surface area contributed by atoms with Crippen LogP contribution >= 0.6 is 27.5 Å². The van der Waals surface area contributed by atoms with Crippen molar-refractivity contribution in [3.63, 3.8) is 0 Å². The molecule has 224 valence electrons. The highest BCUT2D eigenvalue weighted by Crippen LogP contribution is 2.27. The van der Waals surface area contributed by atoms with Gasteiger partial charge in [0.25, 0.3) is 0 Å². The predicted octanol–water partition coefficient (Wildman–Crippen LogP) is 5.78. The Hall–Kier alpha value is -4.87. The second-order valence-corrected chi connectivity index (χ2v) is 10.8. The number of hydrogen-bond donors (Lipinski definition) is 2. The smallest absolute Gasteiger partial charge is 0.354 e. The Morgan fingerprint density at radius 2 is 1.23 bits per heavy atom. The molecule has 0 amide bonds. The van der Waals surface area contributed by atoms with Gasteiger partial charge in [0.1, 0.15) is 24.6 Å². The van der Waals surface area contributed by atoms with Crippen molar-refractivity contribution < 1.29 is 38.1 Å². The van der Waals surface area contributed by atoms with Gasteiger partial charge in [-0.1, -0.05) is 51.8 Å². The Kier molecular flexibility index (Phi) is 9.78. The van der Waals surface area contributed by atoms with Crippen molar-refractivity contribution in [1.29, 1.82) is 0 Å². The third-order valence-corrected chi connectivity index (χ3v) is 7.05. The quantitative estimate of drug-likeness (QED) is 0.177. The van der Waals surface area contributed by atoms with Gasteiger partial charge in [-0.2, -0.15) is 0 Å². The number of aromatic amines is 2. The Morgan fingerprint density at radius 3 is 1.68 bits per heavy atom. The summed E-state index contributed by atoms with van der Waals surface area (Å²) < 4.78 is 21.5. The first-order valence-electron chi connectivity index (χ1n) is 13.3. The van der Waals surface area contributed by atoms with Crippen molar-refractivity contribution in [1.82, 2.24) is 9.97 Å². The molecule has 2 aromatic carbocycles. The highest BCUT2D eigenvalue weighted by Gasteiger charge is 2.29. The average molecular weight is 680 g/mol. The van der Waals surface area contributed by atoms with Crippen LogP contribution in [0.4, 0.5) is 0 Å². The topological polar surface area (TPSA) is 137 Å². The van der Waals surface area contributed by atoms with Gasteiger partial charge in [-0.15, -0.1) is 0 Å². The standard InChI is InChI=1S/C16H12BrNO4.C16H12ClNO4/c2*17-11-4-1-3-10(7-11)13-8-12(22-15(13)19)9-21-16(20)14-5-2-6-18-14/h2*1-8,12,18H,9H2. The van der Waals surface area contributed by atoms with Crippen LogP contribution in [0.3, 0.4) is 0 Å². The first-order valence-corrected chi connectivity index (χ1v) is 14.4. The van der Waals surface area contributed by atoms with Crippen LogP contribution in [0.15, 0.2) is 102 Å². The molecule has 2 atom stereocenters. The Morgan fingerprint density at radius 1 is 0.727 bits per heavy atom. The minimum Gasteiger partial charge on any atom is -0.457 e. The molecular weight excluding hydrogens is 656 g/mol. The molecule has 0 aliphatic carbocycles. The highest BCUT2D eigenvalue weighted by molar-refractivity contribution is 9.10. The minimum absolute atomic E-state index is 0.0128. The van der Waals surface area contributed by atoms with Crippen LogP contribution in [0.2, 0.25) is 5.02 Å². The number of benzene rings is 2. The number of carbonyl (C=O) groups excluding carboxylic acids is 4. The summed E-state index contributed by atoms with van der Waals surface area (Å²) in [5, 5.41) is 0.535. The van der Waals surface area contributed by atoms with Crippen LogP contribution in [-0.4, -0.2) is 59.3 Å². The molecule has 2 N–H and O–H groups in total. The Bertz CT molecular complexity index is 1600. The number of ether oxygens (including phenoxy) is 4. The first-order chi connectivity index (χ1) is 21.3. The van der Waals surface area contributed by atoms with Crippen molar-refractivity contribution in [2.24, 2.45) is 0 Å². The summed E-state index contributed by atoms with van der Waals surface area (Å²) in [6, 6.07) is 20.9. The van der Waals surface area contributed by atoms with E-state index in [1.807, 2.05) is 24.3 Å². The van der Waals surface area contributed by atoms with Gasteiger partial charge in [0.2, 0.25) is 0 Å². The van der Waals surface area contributed by atoms with E-state index < -0.39 is 36.1 Å². The largest absolute Gasteiger partial charge is 0.457 e. The number of carbonyl (C=O) groups is 4. The molecular formula is C32H24BrClN2O8. The molecule has 0 radical (unpaired) electrons. The van der Waals surface area contributed by atoms with E-state index >= 15 is 0 Å². The molecule has 0 spiro atoms. The van der Waals surface area contributed by atoms with E-state index in [9.17, 15) is 19.2 Å². The molecule has 0 fully saturated rings. The zero-order valence-electron chi connectivity index (χ0n) is 22.8. The fraction of sp³-hybridized carbons (Fsp3) is 0.125. The number of halogens is 2. The molecule has 12 heteroatoms. The molecule has 4 aromatic rings. The zero-order chi connectivity index (χ0) is 31.1. The summed E-state index contributed by atoms with van der Waals surface area (Å²) in [4.78, 5) is 52.7. The van der Waals surface area contributed by atoms with Crippen molar-refractivity contribution >= 4 is 62.6 Å². The number of aromatic nitrogens is 2. The zero-order valence-corrected chi connectivity index (χ0v) is 25.2. The predicted molar refractivity (Wildman–Crippen MR) is 163 cm³/mol. The maximum atomic E-state index is 11.9. The number of hydrogen-bond acceptors (Lipinski definition) is 8. The van der Waals surface area contributed by atoms with Gasteiger partial charge in [0.05, 0.1) is 11.1 Å². The van der Waals surface area contributed by atoms with Crippen LogP contribution in [0, 0.1) is 0 Å². The first kappa shape index (κ1) is 30.6. The summed E-state index contributed by atoms with van der Waals surface area (Å²) in [5.74, 6) is -1.85. The van der Waals surface area contributed by atoms with E-state index in [-0.39, 0.29) is 13.2 Å². The molecule has 2 aliphatic heterocycles. The maximum absolute atomic E-state index is 11.9. The summed E-state index contributed by atoms with van der Waals surface area (Å²) in [7, 11) is 0. The Balaban J connectivity index is 0.000000175. The molecule has 2 aromatic heterocycles. The van der Waals surface area contributed by atoms with E-state index in [0.717, 1.165) is 10.0 Å². The van der Waals surface area contributed by atoms with E-state index in [4.69, 9.17) is 30.5 Å². The van der Waals surface area contributed by atoms with Gasteiger partial charge in [0.15, 0.2) is 12.2 Å². The lowest BCUT2D eigenvalue weighted by atomic mass is 10.1. The molecule has 44 heavy (non-hydrogen) atoms. The summed E-state index contributed by atoms with van der Waals surface area (Å²) in [6.45, 7) is -0.0469. The average Bonchev–Trinajstić information content (AvgIpc) is 3.83. The summed E-state index contributed by atoms with van der Waals surface area (Å²) >= 11 is 9.28. The van der Waals surface area contributed by atoms with E-state index in [2.05, 4.69) is 25.9 Å². The lowest BCUT2D eigenvalue weighted by molar-refractivity contribution is -0.140. The fourth-order valence-electron chi connectivity index (χ4n) is 4.27. The number of H-pyrrole nitrogens is 2. The number of nitrogens with one attached hydrogen (secondary N) is 2. The number of esters is 4. The lowest BCUT2D eigenvalue weighted by Crippen LogP contribution is -2.18. The second kappa shape index (κ2) is 14.1. The van der Waals surface area contributed by atoms with Gasteiger partial charge >= 0.3 is 23.9 Å². The van der Waals surface area contributed by atoms with E-state index in [1.54, 1.807) is 73.1 Å². The minimum atomic E-state index is -0.597. The number of rotatable bonds is 8. The summed E-state index contributed by atoms with van der Waals surface area (Å²) in [6.07, 6.45) is 5.41. The lowest BCUT2D eigenvalue weighted by Gasteiger charge is -2.08. The van der Waals surface area contributed by atoms with Crippen LogP contribution in [0.1, 0.15) is 32.1 Å². The molecule has 10 nitrogen and oxygen atoms in total. The maximum Gasteiger partial charge on any atom is 0.354 e. The van der Waals surface area contributed by atoms with Gasteiger partial charge in [-0.3, -0.25) is 0 Å². The van der Waals surface area contributed by atoms with Crippen LogP contribution in [0.25, 0.3) is 11.1 Å². The van der Waals surface area contributed by atoms with Crippen molar-refractivity contribution in [3.05, 3.63) is 129 Å². The molecule has 0 saturated carbocycles. The van der Waals surface area contributed by atoms with Crippen LogP contribution in [0.5, 0.6) is 0 Å². The molecule has 4 heterocycles. The molecule has 2 unspecified atom stereocenters. The van der Waals surface area contributed by atoms with Crippen molar-refractivity contribution in [3.8, 4) is 0 Å². The van der Waals surface area contributed by atoms with Crippen molar-refractivity contribution in [2.45, 2.75) is 12.2 Å². The van der Waals surface area contributed by atoms with Gasteiger partial charge in [0, 0.05) is 21.9 Å². The van der Waals surface area contributed by atoms with E-state index in [0.29, 0.717) is 33.1 Å². The third-order valence-electron chi connectivity index (χ3n) is 6.33. The molecule has 2 aliphatic rings. The van der Waals surface area contributed by atoms with Crippen LogP contribution in [-0.2, 0) is 28.5 Å². The second-order valence-electron chi connectivity index (χ2n) is 9.43. The molecule has 6 rings (SSSR count). The van der Waals surface area contributed by atoms with E-state index in [1.165, 1.54) is 0 Å². The van der Waals surface area contributed by atoms with Gasteiger partial charge < -0.3 is 28.9 Å². The van der Waals surface area contributed by atoms with Crippen molar-refractivity contribution in [2.75, 3.05) is 13.2 Å². The monoisotopic (exact) mass is 678 g/mol.